The first-order valence-corrected chi connectivity index (χ1v) is 11.8. The highest BCUT2D eigenvalue weighted by atomic mass is 19.1. The Balaban J connectivity index is 0.000000945. The van der Waals surface area contributed by atoms with Gasteiger partial charge < -0.3 is 29.8 Å². The Morgan fingerprint density at radius 2 is 1.97 bits per heavy atom. The van der Waals surface area contributed by atoms with Gasteiger partial charge in [0.15, 0.2) is 0 Å². The highest BCUT2D eigenvalue weighted by Crippen LogP contribution is 2.49. The van der Waals surface area contributed by atoms with Crippen molar-refractivity contribution >= 4 is 18.2 Å². The predicted molar refractivity (Wildman–Crippen MR) is 131 cm³/mol. The number of halogens is 1. The van der Waals surface area contributed by atoms with Gasteiger partial charge >= 0.3 is 6.03 Å². The molecule has 34 heavy (non-hydrogen) atoms. The van der Waals surface area contributed by atoms with Gasteiger partial charge in [0, 0.05) is 32.7 Å². The highest BCUT2D eigenvalue weighted by Gasteiger charge is 2.43. The van der Waals surface area contributed by atoms with Crippen molar-refractivity contribution in [1.29, 1.82) is 0 Å². The molecule has 8 nitrogen and oxygen atoms in total. The quantitative estimate of drug-likeness (QED) is 0.333. The SMILES string of the molecule is CN(C)C.COC/C(N)=N/C(=O)N1CCC(C2CC2CCOc2ccc(CC=O)c(F)c2)CC1. The van der Waals surface area contributed by atoms with Crippen LogP contribution in [0.5, 0.6) is 5.75 Å². The maximum Gasteiger partial charge on any atom is 0.345 e. The second-order valence-electron chi connectivity index (χ2n) is 9.41. The molecule has 190 valence electrons. The van der Waals surface area contributed by atoms with E-state index in [9.17, 15) is 14.0 Å². The van der Waals surface area contributed by atoms with Crippen LogP contribution >= 0.6 is 0 Å². The normalized spacial score (nSPS) is 20.5. The number of methoxy groups -OCH3 is 1. The van der Waals surface area contributed by atoms with Crippen LogP contribution in [0.15, 0.2) is 23.2 Å². The standard InChI is InChI=1S/C22H30FN3O4.C3H9N/c1-29-14-21(24)25-22(28)26-8-4-15(5-9-26)19-12-17(19)7-11-30-18-3-2-16(6-10-27)20(23)13-18;1-4(2)3/h2-3,10,13,15,17,19H,4-9,11-12,14H2,1H3,(H2,24,25,28);1-3H3. The van der Waals surface area contributed by atoms with E-state index in [1.165, 1.54) is 19.6 Å². The van der Waals surface area contributed by atoms with E-state index >= 15 is 0 Å². The molecule has 0 bridgehead atoms. The number of carbonyl (C=O) groups is 2. The smallest absolute Gasteiger partial charge is 0.345 e. The first-order valence-electron chi connectivity index (χ1n) is 11.8. The van der Waals surface area contributed by atoms with Crippen LogP contribution in [0.2, 0.25) is 0 Å². The molecule has 2 N–H and O–H groups in total. The Morgan fingerprint density at radius 3 is 2.56 bits per heavy atom. The Kier molecular flexibility index (Phi) is 11.4. The number of amidine groups is 1. The minimum Gasteiger partial charge on any atom is -0.493 e. The fraction of sp³-hybridized carbons (Fsp3) is 0.640. The molecular formula is C25H39FN4O4. The van der Waals surface area contributed by atoms with Gasteiger partial charge in [-0.2, -0.15) is 4.99 Å². The van der Waals surface area contributed by atoms with E-state index in [4.69, 9.17) is 15.2 Å². The van der Waals surface area contributed by atoms with Gasteiger partial charge in [-0.3, -0.25) is 0 Å². The van der Waals surface area contributed by atoms with Crippen molar-refractivity contribution in [1.82, 2.24) is 9.80 Å². The molecule has 0 aromatic heterocycles. The maximum atomic E-state index is 13.8. The summed E-state index contributed by atoms with van der Waals surface area (Å²) < 4.78 is 24.4. The average Bonchev–Trinajstić information content (AvgIpc) is 3.55. The summed E-state index contributed by atoms with van der Waals surface area (Å²) in [5.41, 5.74) is 6.03. The van der Waals surface area contributed by atoms with Crippen molar-refractivity contribution in [3.8, 4) is 5.75 Å². The van der Waals surface area contributed by atoms with Gasteiger partial charge in [0.25, 0.3) is 0 Å². The third-order valence-corrected chi connectivity index (χ3v) is 6.01. The summed E-state index contributed by atoms with van der Waals surface area (Å²) in [4.78, 5) is 30.3. The number of urea groups is 1. The van der Waals surface area contributed by atoms with Gasteiger partial charge in [0.2, 0.25) is 0 Å². The van der Waals surface area contributed by atoms with Crippen molar-refractivity contribution in [3.63, 3.8) is 0 Å². The van der Waals surface area contributed by atoms with Gasteiger partial charge in [0.05, 0.1) is 6.61 Å². The van der Waals surface area contributed by atoms with Crippen LogP contribution in [-0.4, -0.2) is 82.5 Å². The van der Waals surface area contributed by atoms with Crippen LogP contribution in [-0.2, 0) is 16.0 Å². The molecule has 1 saturated heterocycles. The summed E-state index contributed by atoms with van der Waals surface area (Å²) in [6.07, 6.45) is 4.87. The van der Waals surface area contributed by atoms with Crippen molar-refractivity contribution in [3.05, 3.63) is 29.6 Å². The van der Waals surface area contributed by atoms with Crippen molar-refractivity contribution in [2.45, 2.75) is 32.1 Å². The molecule has 0 radical (unpaired) electrons. The van der Waals surface area contributed by atoms with Crippen LogP contribution < -0.4 is 10.5 Å². The van der Waals surface area contributed by atoms with E-state index in [0.717, 1.165) is 19.3 Å². The van der Waals surface area contributed by atoms with Crippen LogP contribution in [0.3, 0.4) is 0 Å². The number of nitrogens with zero attached hydrogens (tertiary/aromatic N) is 3. The zero-order valence-electron chi connectivity index (χ0n) is 20.8. The molecule has 0 spiro atoms. The van der Waals surface area contributed by atoms with Crippen LogP contribution in [0, 0.1) is 23.6 Å². The lowest BCUT2D eigenvalue weighted by atomic mass is 9.90. The monoisotopic (exact) mass is 478 g/mol. The molecule has 2 amide bonds. The number of benzene rings is 1. The number of likely N-dealkylation sites (tertiary alicyclic amines) is 1. The minimum atomic E-state index is -0.404. The third-order valence-electron chi connectivity index (χ3n) is 6.01. The Morgan fingerprint density at radius 1 is 1.29 bits per heavy atom. The molecule has 1 saturated carbocycles. The molecule has 2 aliphatic rings. The fourth-order valence-electron chi connectivity index (χ4n) is 4.27. The van der Waals surface area contributed by atoms with Crippen molar-refractivity contribution < 1.29 is 23.5 Å². The number of nitrogens with two attached hydrogens (primary N) is 1. The Labute approximate surface area is 202 Å². The lowest BCUT2D eigenvalue weighted by Gasteiger charge is -2.31. The van der Waals surface area contributed by atoms with Crippen molar-refractivity contribution in [2.75, 3.05) is 54.6 Å². The van der Waals surface area contributed by atoms with Crippen LogP contribution in [0.1, 0.15) is 31.2 Å². The average molecular weight is 479 g/mol. The molecule has 9 heteroatoms. The van der Waals surface area contributed by atoms with Gasteiger partial charge in [-0.05, 0) is 76.2 Å². The van der Waals surface area contributed by atoms with E-state index in [-0.39, 0.29) is 24.9 Å². The van der Waals surface area contributed by atoms with Crippen LogP contribution in [0.25, 0.3) is 0 Å². The lowest BCUT2D eigenvalue weighted by Crippen LogP contribution is -2.38. The van der Waals surface area contributed by atoms with E-state index in [2.05, 4.69) is 4.99 Å². The summed E-state index contributed by atoms with van der Waals surface area (Å²) in [6, 6.07) is 4.37. The first-order chi connectivity index (χ1) is 16.2. The number of aldehydes is 1. The maximum absolute atomic E-state index is 13.8. The third kappa shape index (κ3) is 9.38. The second-order valence-corrected chi connectivity index (χ2v) is 9.41. The van der Waals surface area contributed by atoms with E-state index in [1.54, 1.807) is 17.0 Å². The minimum absolute atomic E-state index is 0.0766. The number of carbonyl (C=O) groups excluding carboxylic acids is 2. The molecule has 1 aliphatic carbocycles. The molecule has 1 heterocycles. The molecule has 3 rings (SSSR count). The number of rotatable bonds is 9. The van der Waals surface area contributed by atoms with Crippen molar-refractivity contribution in [2.24, 2.45) is 28.5 Å². The summed E-state index contributed by atoms with van der Waals surface area (Å²) in [5.74, 6) is 2.23. The number of hydrogen-bond acceptors (Lipinski definition) is 5. The largest absolute Gasteiger partial charge is 0.493 e. The number of ether oxygens (including phenoxy) is 2. The van der Waals surface area contributed by atoms with Gasteiger partial charge in [0.1, 0.15) is 30.3 Å². The van der Waals surface area contributed by atoms with E-state index < -0.39 is 5.82 Å². The summed E-state index contributed by atoms with van der Waals surface area (Å²) >= 11 is 0. The number of aliphatic imine (C=N–C) groups is 1. The van der Waals surface area contributed by atoms with Gasteiger partial charge in [-0.15, -0.1) is 0 Å². The molecule has 2 unspecified atom stereocenters. The summed E-state index contributed by atoms with van der Waals surface area (Å²) in [5, 5.41) is 0. The Bertz CT molecular complexity index is 822. The fourth-order valence-corrected chi connectivity index (χ4v) is 4.27. The summed E-state index contributed by atoms with van der Waals surface area (Å²) in [6.45, 7) is 2.13. The Hall–Kier alpha value is -2.52. The van der Waals surface area contributed by atoms with Crippen LogP contribution in [0.4, 0.5) is 9.18 Å². The molecule has 1 aromatic carbocycles. The first kappa shape index (κ1) is 27.7. The van der Waals surface area contributed by atoms with Gasteiger partial charge in [-0.1, -0.05) is 6.07 Å². The molecule has 1 aromatic rings. The molecule has 1 aliphatic heterocycles. The van der Waals surface area contributed by atoms with E-state index in [0.29, 0.717) is 55.0 Å². The summed E-state index contributed by atoms with van der Waals surface area (Å²) in [7, 11) is 7.51. The topological polar surface area (TPSA) is 97.5 Å². The number of hydrogen-bond donors (Lipinski definition) is 1. The predicted octanol–water partition coefficient (Wildman–Crippen LogP) is 2.99. The zero-order chi connectivity index (χ0) is 25.1. The molecule has 2 atom stereocenters. The second kappa shape index (κ2) is 14.0. The zero-order valence-corrected chi connectivity index (χ0v) is 20.8. The highest BCUT2D eigenvalue weighted by molar-refractivity contribution is 5.93. The molecule has 2 fully saturated rings. The number of amides is 2. The number of piperidine rings is 1. The van der Waals surface area contributed by atoms with Gasteiger partial charge in [-0.25, -0.2) is 9.18 Å². The lowest BCUT2D eigenvalue weighted by molar-refractivity contribution is -0.107. The molecular weight excluding hydrogens is 439 g/mol. The van der Waals surface area contributed by atoms with E-state index in [1.807, 2.05) is 26.0 Å².